The van der Waals surface area contributed by atoms with Gasteiger partial charge in [0.05, 0.1) is 12.8 Å². The summed E-state index contributed by atoms with van der Waals surface area (Å²) in [5.41, 5.74) is 1.03. The normalized spacial score (nSPS) is 10.5. The first-order valence-electron chi connectivity index (χ1n) is 6.35. The Morgan fingerprint density at radius 2 is 2.15 bits per heavy atom. The Balaban J connectivity index is 1.95. The van der Waals surface area contributed by atoms with Crippen molar-refractivity contribution >= 4 is 11.6 Å². The first-order chi connectivity index (χ1) is 9.79. The van der Waals surface area contributed by atoms with Crippen molar-refractivity contribution in [1.82, 2.24) is 10.3 Å². The molecule has 0 saturated heterocycles. The molecule has 1 aromatic carbocycles. The van der Waals surface area contributed by atoms with Gasteiger partial charge in [-0.1, -0.05) is 17.7 Å². The average Bonchev–Trinajstić information content (AvgIpc) is 2.46. The van der Waals surface area contributed by atoms with Crippen molar-refractivity contribution < 1.29 is 9.47 Å². The van der Waals surface area contributed by atoms with Crippen LogP contribution in [-0.4, -0.2) is 25.2 Å². The molecule has 0 radical (unpaired) electrons. The van der Waals surface area contributed by atoms with E-state index in [0.29, 0.717) is 29.7 Å². The molecule has 4 nitrogen and oxygen atoms in total. The smallest absolute Gasteiger partial charge is 0.145 e. The number of benzene rings is 1. The monoisotopic (exact) mass is 292 g/mol. The molecule has 2 rings (SSSR count). The van der Waals surface area contributed by atoms with Crippen molar-refractivity contribution in [2.24, 2.45) is 0 Å². The first kappa shape index (κ1) is 14.8. The molecular formula is C15H17ClN2O2. The SMILES string of the molecule is COCCNCc1ccc(Oc2cccnc2)cc1Cl. The van der Waals surface area contributed by atoms with Gasteiger partial charge in [0.2, 0.25) is 0 Å². The van der Waals surface area contributed by atoms with Crippen LogP contribution in [-0.2, 0) is 11.3 Å². The summed E-state index contributed by atoms with van der Waals surface area (Å²) in [6.07, 6.45) is 3.36. The number of halogens is 1. The number of nitrogens with one attached hydrogen (secondary N) is 1. The van der Waals surface area contributed by atoms with E-state index in [1.54, 1.807) is 19.5 Å². The minimum atomic E-state index is 0.677. The van der Waals surface area contributed by atoms with Crippen LogP contribution in [0.1, 0.15) is 5.56 Å². The third-order valence-electron chi connectivity index (χ3n) is 2.69. The highest BCUT2D eigenvalue weighted by molar-refractivity contribution is 6.31. The van der Waals surface area contributed by atoms with Gasteiger partial charge in [0.1, 0.15) is 11.5 Å². The largest absolute Gasteiger partial charge is 0.456 e. The fraction of sp³-hybridized carbons (Fsp3) is 0.267. The van der Waals surface area contributed by atoms with E-state index in [2.05, 4.69) is 10.3 Å². The lowest BCUT2D eigenvalue weighted by Crippen LogP contribution is -2.18. The highest BCUT2D eigenvalue weighted by atomic mass is 35.5. The number of methoxy groups -OCH3 is 1. The molecule has 0 aliphatic rings. The average molecular weight is 293 g/mol. The molecule has 0 amide bonds. The van der Waals surface area contributed by atoms with Gasteiger partial charge in [-0.3, -0.25) is 4.98 Å². The quantitative estimate of drug-likeness (QED) is 0.796. The van der Waals surface area contributed by atoms with Gasteiger partial charge < -0.3 is 14.8 Å². The Morgan fingerprint density at radius 3 is 2.85 bits per heavy atom. The predicted molar refractivity (Wildman–Crippen MR) is 79.3 cm³/mol. The maximum atomic E-state index is 6.24. The predicted octanol–water partition coefficient (Wildman–Crippen LogP) is 3.26. The second-order valence-corrected chi connectivity index (χ2v) is 4.62. The Kier molecular flexibility index (Phi) is 5.80. The lowest BCUT2D eigenvalue weighted by molar-refractivity contribution is 0.199. The van der Waals surface area contributed by atoms with E-state index < -0.39 is 0 Å². The Labute approximate surface area is 123 Å². The molecule has 1 aromatic heterocycles. The summed E-state index contributed by atoms with van der Waals surface area (Å²) >= 11 is 6.24. The van der Waals surface area contributed by atoms with Crippen molar-refractivity contribution in [3.8, 4) is 11.5 Å². The molecular weight excluding hydrogens is 276 g/mol. The molecule has 106 valence electrons. The fourth-order valence-electron chi connectivity index (χ4n) is 1.68. The van der Waals surface area contributed by atoms with Gasteiger partial charge in [0.25, 0.3) is 0 Å². The van der Waals surface area contributed by atoms with Gasteiger partial charge in [-0.2, -0.15) is 0 Å². The highest BCUT2D eigenvalue weighted by Crippen LogP contribution is 2.26. The third kappa shape index (κ3) is 4.49. The van der Waals surface area contributed by atoms with Crippen molar-refractivity contribution in [3.63, 3.8) is 0 Å². The molecule has 0 fully saturated rings. The summed E-state index contributed by atoms with van der Waals surface area (Å²) in [5, 5.41) is 3.93. The second-order valence-electron chi connectivity index (χ2n) is 4.21. The minimum absolute atomic E-state index is 0.677. The molecule has 1 N–H and O–H groups in total. The van der Waals surface area contributed by atoms with Gasteiger partial charge in [-0.15, -0.1) is 0 Å². The van der Waals surface area contributed by atoms with Crippen LogP contribution in [0.2, 0.25) is 5.02 Å². The molecule has 5 heteroatoms. The molecule has 0 atom stereocenters. The van der Waals surface area contributed by atoms with E-state index in [1.807, 2.05) is 30.3 Å². The van der Waals surface area contributed by atoms with Crippen molar-refractivity contribution in [2.45, 2.75) is 6.54 Å². The zero-order valence-electron chi connectivity index (χ0n) is 11.3. The molecule has 0 aliphatic carbocycles. The number of ether oxygens (including phenoxy) is 2. The molecule has 20 heavy (non-hydrogen) atoms. The van der Waals surface area contributed by atoms with E-state index in [0.717, 1.165) is 12.1 Å². The number of rotatable bonds is 7. The summed E-state index contributed by atoms with van der Waals surface area (Å²) in [6, 6.07) is 9.33. The molecule has 2 aromatic rings. The summed E-state index contributed by atoms with van der Waals surface area (Å²) in [4.78, 5) is 4.00. The van der Waals surface area contributed by atoms with E-state index in [1.165, 1.54) is 0 Å². The summed E-state index contributed by atoms with van der Waals surface area (Å²) in [5.74, 6) is 1.39. The molecule has 1 heterocycles. The minimum Gasteiger partial charge on any atom is -0.456 e. The van der Waals surface area contributed by atoms with Crippen LogP contribution < -0.4 is 10.1 Å². The van der Waals surface area contributed by atoms with Gasteiger partial charge >= 0.3 is 0 Å². The van der Waals surface area contributed by atoms with Crippen molar-refractivity contribution in [3.05, 3.63) is 53.3 Å². The second kappa shape index (κ2) is 7.85. The number of nitrogens with zero attached hydrogens (tertiary/aromatic N) is 1. The van der Waals surface area contributed by atoms with Crippen molar-refractivity contribution in [1.29, 1.82) is 0 Å². The van der Waals surface area contributed by atoms with Gasteiger partial charge in [0, 0.05) is 31.4 Å². The standard InChI is InChI=1S/C15H17ClN2O2/c1-19-8-7-18-10-12-4-5-13(9-15(12)16)20-14-3-2-6-17-11-14/h2-6,9,11,18H,7-8,10H2,1H3. The molecule has 0 saturated carbocycles. The van der Waals surface area contributed by atoms with Crippen LogP contribution in [0.5, 0.6) is 11.5 Å². The summed E-state index contributed by atoms with van der Waals surface area (Å²) < 4.78 is 10.6. The van der Waals surface area contributed by atoms with E-state index in [9.17, 15) is 0 Å². The zero-order valence-corrected chi connectivity index (χ0v) is 12.1. The van der Waals surface area contributed by atoms with Crippen LogP contribution in [0.15, 0.2) is 42.7 Å². The van der Waals surface area contributed by atoms with Crippen LogP contribution in [0, 0.1) is 0 Å². The lowest BCUT2D eigenvalue weighted by atomic mass is 10.2. The molecule has 0 aliphatic heterocycles. The van der Waals surface area contributed by atoms with Gasteiger partial charge in [0.15, 0.2) is 0 Å². The highest BCUT2D eigenvalue weighted by Gasteiger charge is 2.03. The maximum absolute atomic E-state index is 6.24. The Morgan fingerprint density at radius 1 is 1.25 bits per heavy atom. The van der Waals surface area contributed by atoms with Crippen LogP contribution >= 0.6 is 11.6 Å². The molecule has 0 bridgehead atoms. The number of aromatic nitrogens is 1. The van der Waals surface area contributed by atoms with E-state index in [4.69, 9.17) is 21.1 Å². The van der Waals surface area contributed by atoms with Gasteiger partial charge in [-0.05, 0) is 29.8 Å². The summed E-state index contributed by atoms with van der Waals surface area (Å²) in [7, 11) is 1.68. The number of hydrogen-bond donors (Lipinski definition) is 1. The number of pyridine rings is 1. The zero-order chi connectivity index (χ0) is 14.2. The molecule has 0 spiro atoms. The Bertz CT molecular complexity index is 535. The number of hydrogen-bond acceptors (Lipinski definition) is 4. The van der Waals surface area contributed by atoms with Crippen LogP contribution in [0.25, 0.3) is 0 Å². The topological polar surface area (TPSA) is 43.4 Å². The Hall–Kier alpha value is -1.62. The first-order valence-corrected chi connectivity index (χ1v) is 6.73. The third-order valence-corrected chi connectivity index (χ3v) is 3.04. The fourth-order valence-corrected chi connectivity index (χ4v) is 1.91. The lowest BCUT2D eigenvalue weighted by Gasteiger charge is -2.09. The van der Waals surface area contributed by atoms with Gasteiger partial charge in [-0.25, -0.2) is 0 Å². The maximum Gasteiger partial charge on any atom is 0.145 e. The summed E-state index contributed by atoms with van der Waals surface area (Å²) in [6.45, 7) is 2.18. The molecule has 0 unspecified atom stereocenters. The van der Waals surface area contributed by atoms with E-state index in [-0.39, 0.29) is 0 Å². The van der Waals surface area contributed by atoms with E-state index >= 15 is 0 Å². The van der Waals surface area contributed by atoms with Crippen molar-refractivity contribution in [2.75, 3.05) is 20.3 Å². The van der Waals surface area contributed by atoms with Crippen LogP contribution in [0.3, 0.4) is 0 Å². The van der Waals surface area contributed by atoms with Crippen LogP contribution in [0.4, 0.5) is 0 Å².